The molecule has 1 aliphatic rings. The predicted octanol–water partition coefficient (Wildman–Crippen LogP) is 3.47. The van der Waals surface area contributed by atoms with Gasteiger partial charge in [-0.1, -0.05) is 19.9 Å². The van der Waals surface area contributed by atoms with E-state index in [0.29, 0.717) is 13.2 Å². The van der Waals surface area contributed by atoms with Gasteiger partial charge in [0, 0.05) is 26.2 Å². The molecule has 2 rings (SSSR count). The minimum atomic E-state index is -0.233. The van der Waals surface area contributed by atoms with Crippen molar-refractivity contribution < 1.29 is 9.47 Å². The minimum Gasteiger partial charge on any atom is -0.490 e. The molecule has 0 saturated carbocycles. The van der Waals surface area contributed by atoms with Crippen LogP contribution in [-0.2, 0) is 0 Å². The first-order valence-corrected chi connectivity index (χ1v) is 9.49. The highest BCUT2D eigenvalue weighted by Crippen LogP contribution is 2.32. The first kappa shape index (κ1) is 19.6. The molecule has 1 atom stereocenters. The first-order valence-electron chi connectivity index (χ1n) is 9.49. The fraction of sp³-hybridized carbons (Fsp3) is 0.650. The van der Waals surface area contributed by atoms with Gasteiger partial charge in [-0.15, -0.1) is 0 Å². The van der Waals surface area contributed by atoms with Gasteiger partial charge in [-0.2, -0.15) is 5.26 Å². The van der Waals surface area contributed by atoms with Crippen molar-refractivity contribution in [3.8, 4) is 17.6 Å². The summed E-state index contributed by atoms with van der Waals surface area (Å²) in [5.74, 6) is 1.50. The molecule has 0 radical (unpaired) electrons. The highest BCUT2D eigenvalue weighted by atomic mass is 16.5. The molecule has 0 aromatic heterocycles. The van der Waals surface area contributed by atoms with E-state index in [0.717, 1.165) is 56.2 Å². The summed E-state index contributed by atoms with van der Waals surface area (Å²) < 4.78 is 11.5. The molecule has 138 valence electrons. The zero-order valence-corrected chi connectivity index (χ0v) is 15.8. The van der Waals surface area contributed by atoms with Crippen LogP contribution in [0.3, 0.4) is 0 Å². The molecule has 1 aromatic rings. The third-order valence-electron chi connectivity index (χ3n) is 4.48. The second-order valence-electron chi connectivity index (χ2n) is 6.40. The topological polar surface area (TPSA) is 48.7 Å². The molecule has 1 unspecified atom stereocenters. The Bertz CT molecular complexity index is 563. The van der Waals surface area contributed by atoms with E-state index < -0.39 is 0 Å². The Morgan fingerprint density at radius 2 is 1.80 bits per heavy atom. The highest BCUT2D eigenvalue weighted by molar-refractivity contribution is 5.45. The van der Waals surface area contributed by atoms with Crippen molar-refractivity contribution in [2.75, 3.05) is 45.9 Å². The average Bonchev–Trinajstić information content (AvgIpc) is 2.63. The summed E-state index contributed by atoms with van der Waals surface area (Å²) in [6.45, 7) is 12.6. The standard InChI is InChI=1S/C20H31N3O2/c1-4-9-22-10-12-23(13-11-22)18(16-21)17-7-8-19(25-14-5-2)20(15-17)24-6-3/h7-8,15,18H,4-6,9-14H2,1-3H3. The molecule has 1 saturated heterocycles. The van der Waals surface area contributed by atoms with Crippen molar-refractivity contribution in [3.63, 3.8) is 0 Å². The number of benzene rings is 1. The van der Waals surface area contributed by atoms with E-state index in [4.69, 9.17) is 9.47 Å². The van der Waals surface area contributed by atoms with E-state index in [2.05, 4.69) is 29.7 Å². The number of rotatable bonds is 9. The van der Waals surface area contributed by atoms with Crippen molar-refractivity contribution in [1.29, 1.82) is 5.26 Å². The fourth-order valence-electron chi connectivity index (χ4n) is 3.22. The molecule has 1 fully saturated rings. The van der Waals surface area contributed by atoms with Crippen LogP contribution in [0.4, 0.5) is 0 Å². The van der Waals surface area contributed by atoms with E-state index in [1.165, 1.54) is 6.42 Å². The molecule has 1 aromatic carbocycles. The van der Waals surface area contributed by atoms with Gasteiger partial charge in [-0.05, 0) is 44.0 Å². The largest absolute Gasteiger partial charge is 0.490 e. The van der Waals surface area contributed by atoms with Crippen LogP contribution in [0.2, 0.25) is 0 Å². The van der Waals surface area contributed by atoms with Gasteiger partial charge in [0.25, 0.3) is 0 Å². The average molecular weight is 345 g/mol. The number of ether oxygens (including phenoxy) is 2. The molecule has 0 spiro atoms. The van der Waals surface area contributed by atoms with E-state index in [1.54, 1.807) is 0 Å². The molecule has 0 aliphatic carbocycles. The minimum absolute atomic E-state index is 0.233. The number of nitriles is 1. The zero-order valence-electron chi connectivity index (χ0n) is 15.8. The van der Waals surface area contributed by atoms with Crippen LogP contribution in [0.1, 0.15) is 45.2 Å². The van der Waals surface area contributed by atoms with Gasteiger partial charge in [0.15, 0.2) is 11.5 Å². The van der Waals surface area contributed by atoms with E-state index in [9.17, 15) is 5.26 Å². The van der Waals surface area contributed by atoms with Crippen LogP contribution in [-0.4, -0.2) is 55.7 Å². The molecule has 1 aliphatic heterocycles. The lowest BCUT2D eigenvalue weighted by Crippen LogP contribution is -2.47. The summed E-state index contributed by atoms with van der Waals surface area (Å²) in [6, 6.07) is 8.16. The summed E-state index contributed by atoms with van der Waals surface area (Å²) >= 11 is 0. The molecular formula is C20H31N3O2. The lowest BCUT2D eigenvalue weighted by atomic mass is 10.0. The molecule has 25 heavy (non-hydrogen) atoms. The lowest BCUT2D eigenvalue weighted by molar-refractivity contribution is 0.114. The molecule has 1 heterocycles. The maximum Gasteiger partial charge on any atom is 0.161 e. The quantitative estimate of drug-likeness (QED) is 0.686. The Labute approximate surface area is 152 Å². The number of piperazine rings is 1. The molecule has 5 heteroatoms. The number of nitrogens with zero attached hydrogens (tertiary/aromatic N) is 3. The van der Waals surface area contributed by atoms with Crippen molar-refractivity contribution >= 4 is 0 Å². The Kier molecular flexibility index (Phi) is 8.03. The van der Waals surface area contributed by atoms with Crippen LogP contribution >= 0.6 is 0 Å². The van der Waals surface area contributed by atoms with Crippen LogP contribution < -0.4 is 9.47 Å². The summed E-state index contributed by atoms with van der Waals surface area (Å²) in [7, 11) is 0. The molecule has 0 N–H and O–H groups in total. The summed E-state index contributed by atoms with van der Waals surface area (Å²) in [4.78, 5) is 4.74. The Hall–Kier alpha value is -1.77. The maximum absolute atomic E-state index is 9.76. The van der Waals surface area contributed by atoms with Gasteiger partial charge in [-0.3, -0.25) is 4.90 Å². The van der Waals surface area contributed by atoms with E-state index in [1.807, 2.05) is 25.1 Å². The predicted molar refractivity (Wildman–Crippen MR) is 100 cm³/mol. The van der Waals surface area contributed by atoms with Crippen LogP contribution in [0.25, 0.3) is 0 Å². The molecular weight excluding hydrogens is 314 g/mol. The molecule has 5 nitrogen and oxygen atoms in total. The van der Waals surface area contributed by atoms with Gasteiger partial charge in [-0.25, -0.2) is 0 Å². The van der Waals surface area contributed by atoms with Gasteiger partial charge in [0.2, 0.25) is 0 Å². The van der Waals surface area contributed by atoms with Crippen molar-refractivity contribution in [3.05, 3.63) is 23.8 Å². The Morgan fingerprint density at radius 3 is 2.40 bits per heavy atom. The van der Waals surface area contributed by atoms with Crippen LogP contribution in [0, 0.1) is 11.3 Å². The monoisotopic (exact) mass is 345 g/mol. The summed E-state index contributed by atoms with van der Waals surface area (Å²) in [5.41, 5.74) is 0.985. The van der Waals surface area contributed by atoms with E-state index in [-0.39, 0.29) is 6.04 Å². The normalized spacial score (nSPS) is 17.0. The summed E-state index contributed by atoms with van der Waals surface area (Å²) in [6.07, 6.45) is 2.13. The smallest absolute Gasteiger partial charge is 0.161 e. The summed E-state index contributed by atoms with van der Waals surface area (Å²) in [5, 5.41) is 9.76. The van der Waals surface area contributed by atoms with Gasteiger partial charge in [0.1, 0.15) is 6.04 Å². The van der Waals surface area contributed by atoms with Crippen molar-refractivity contribution in [1.82, 2.24) is 9.80 Å². The molecule has 0 bridgehead atoms. The van der Waals surface area contributed by atoms with Gasteiger partial charge >= 0.3 is 0 Å². The number of hydrogen-bond donors (Lipinski definition) is 0. The van der Waals surface area contributed by atoms with Gasteiger partial charge < -0.3 is 14.4 Å². The lowest BCUT2D eigenvalue weighted by Gasteiger charge is -2.37. The SMILES string of the molecule is CCCOc1ccc(C(C#N)N2CCN(CCC)CC2)cc1OCC. The van der Waals surface area contributed by atoms with Crippen LogP contribution in [0.5, 0.6) is 11.5 Å². The van der Waals surface area contributed by atoms with Crippen LogP contribution in [0.15, 0.2) is 18.2 Å². The zero-order chi connectivity index (χ0) is 18.1. The van der Waals surface area contributed by atoms with Crippen molar-refractivity contribution in [2.24, 2.45) is 0 Å². The first-order chi connectivity index (χ1) is 12.2. The second kappa shape index (κ2) is 10.3. The Balaban J connectivity index is 2.12. The third kappa shape index (κ3) is 5.35. The fourth-order valence-corrected chi connectivity index (χ4v) is 3.22. The highest BCUT2D eigenvalue weighted by Gasteiger charge is 2.25. The Morgan fingerprint density at radius 1 is 1.04 bits per heavy atom. The van der Waals surface area contributed by atoms with Gasteiger partial charge in [0.05, 0.1) is 19.3 Å². The number of hydrogen-bond acceptors (Lipinski definition) is 5. The van der Waals surface area contributed by atoms with E-state index >= 15 is 0 Å². The van der Waals surface area contributed by atoms with Crippen molar-refractivity contribution in [2.45, 2.75) is 39.7 Å². The second-order valence-corrected chi connectivity index (χ2v) is 6.40. The molecule has 0 amide bonds. The maximum atomic E-state index is 9.76. The third-order valence-corrected chi connectivity index (χ3v) is 4.48.